The van der Waals surface area contributed by atoms with Gasteiger partial charge in [0.05, 0.1) is 0 Å². The molecule has 0 aliphatic carbocycles. The molecule has 31 heavy (non-hydrogen) atoms. The number of nitrogens with zero attached hydrogens (tertiary/aromatic N) is 4. The first-order valence-corrected chi connectivity index (χ1v) is 10.5. The van der Waals surface area contributed by atoms with E-state index in [0.29, 0.717) is 36.5 Å². The molecule has 6 nitrogen and oxygen atoms in total. The van der Waals surface area contributed by atoms with Crippen LogP contribution in [0.2, 0.25) is 0 Å². The topological polar surface area (TPSA) is 75.1 Å². The molecule has 6 rings (SSSR count). The van der Waals surface area contributed by atoms with Crippen molar-refractivity contribution in [1.29, 1.82) is 5.26 Å². The fraction of sp³-hybridized carbons (Fsp3) is 0.240. The van der Waals surface area contributed by atoms with Gasteiger partial charge in [-0.3, -0.25) is 4.79 Å². The highest BCUT2D eigenvalue weighted by Crippen LogP contribution is 2.39. The predicted molar refractivity (Wildman–Crippen MR) is 118 cm³/mol. The highest BCUT2D eigenvalue weighted by Gasteiger charge is 2.36. The molecule has 0 spiro atoms. The third kappa shape index (κ3) is 2.85. The average molecular weight is 408 g/mol. The maximum Gasteiger partial charge on any atom is 0.250 e. The summed E-state index contributed by atoms with van der Waals surface area (Å²) in [4.78, 5) is 19.0. The summed E-state index contributed by atoms with van der Waals surface area (Å²) in [5.74, 6) is 1.57. The van der Waals surface area contributed by atoms with E-state index >= 15 is 0 Å². The summed E-state index contributed by atoms with van der Waals surface area (Å²) < 4.78 is 8.15. The van der Waals surface area contributed by atoms with Crippen molar-refractivity contribution in [1.82, 2.24) is 9.55 Å². The first kappa shape index (κ1) is 18.0. The van der Waals surface area contributed by atoms with Crippen LogP contribution in [-0.2, 0) is 6.54 Å². The fourth-order valence-corrected chi connectivity index (χ4v) is 5.19. The summed E-state index contributed by atoms with van der Waals surface area (Å²) in [7, 11) is 0. The third-order valence-electron chi connectivity index (χ3n) is 6.50. The van der Waals surface area contributed by atoms with Gasteiger partial charge in [-0.25, -0.2) is 0 Å². The van der Waals surface area contributed by atoms with Crippen LogP contribution in [0.4, 0.5) is 5.88 Å². The number of fused-ring (bicyclic) bond motifs is 5. The predicted octanol–water partition coefficient (Wildman–Crippen LogP) is 4.15. The number of pyridine rings is 1. The Morgan fingerprint density at radius 1 is 1.00 bits per heavy atom. The van der Waals surface area contributed by atoms with Crippen LogP contribution >= 0.6 is 0 Å². The van der Waals surface area contributed by atoms with Gasteiger partial charge in [0.2, 0.25) is 17.5 Å². The van der Waals surface area contributed by atoms with Crippen LogP contribution < -0.4 is 10.5 Å². The number of oxazole rings is 1. The van der Waals surface area contributed by atoms with Crippen LogP contribution in [0.5, 0.6) is 0 Å². The van der Waals surface area contributed by atoms with Gasteiger partial charge in [0, 0.05) is 42.9 Å². The Bertz CT molecular complexity index is 1410. The van der Waals surface area contributed by atoms with Gasteiger partial charge in [0.1, 0.15) is 6.07 Å². The minimum atomic E-state index is 0.0660. The lowest BCUT2D eigenvalue weighted by molar-refractivity contribution is 0.275. The summed E-state index contributed by atoms with van der Waals surface area (Å²) in [6, 6.07) is 21.8. The van der Waals surface area contributed by atoms with E-state index in [0.717, 1.165) is 35.0 Å². The number of benzene rings is 2. The van der Waals surface area contributed by atoms with Crippen molar-refractivity contribution in [3.63, 3.8) is 0 Å². The molecule has 0 radical (unpaired) electrons. The number of rotatable bonds is 2. The number of nitriles is 1. The van der Waals surface area contributed by atoms with Crippen LogP contribution in [0.3, 0.4) is 0 Å². The molecule has 2 bridgehead atoms. The molecule has 6 heteroatoms. The molecule has 4 aromatic rings. The lowest BCUT2D eigenvalue weighted by Crippen LogP contribution is -2.47. The van der Waals surface area contributed by atoms with E-state index in [-0.39, 0.29) is 11.5 Å². The lowest BCUT2D eigenvalue weighted by Gasteiger charge is -2.42. The van der Waals surface area contributed by atoms with Crippen LogP contribution in [0.15, 0.2) is 69.9 Å². The van der Waals surface area contributed by atoms with Crippen molar-refractivity contribution in [3.8, 4) is 17.5 Å². The van der Waals surface area contributed by atoms with Gasteiger partial charge in [-0.05, 0) is 35.2 Å². The number of piperidine rings is 1. The molecule has 0 amide bonds. The molecule has 152 valence electrons. The highest BCUT2D eigenvalue weighted by atomic mass is 16.4. The van der Waals surface area contributed by atoms with Crippen molar-refractivity contribution in [2.24, 2.45) is 5.92 Å². The summed E-state index contributed by atoms with van der Waals surface area (Å²) in [6.45, 7) is 2.16. The van der Waals surface area contributed by atoms with E-state index in [1.807, 2.05) is 47.0 Å². The Morgan fingerprint density at radius 2 is 1.84 bits per heavy atom. The van der Waals surface area contributed by atoms with Gasteiger partial charge < -0.3 is 13.9 Å². The van der Waals surface area contributed by atoms with Crippen molar-refractivity contribution < 1.29 is 4.42 Å². The maximum absolute atomic E-state index is 12.3. The summed E-state index contributed by atoms with van der Waals surface area (Å²) in [6.07, 6.45) is 1.05. The second-order valence-electron chi connectivity index (χ2n) is 8.41. The van der Waals surface area contributed by atoms with Gasteiger partial charge in [0.15, 0.2) is 0 Å². The number of hydrogen-bond acceptors (Lipinski definition) is 5. The first-order chi connectivity index (χ1) is 15.2. The zero-order chi connectivity index (χ0) is 20.9. The molecule has 0 unspecified atom stereocenters. The third-order valence-corrected chi connectivity index (χ3v) is 6.50. The lowest BCUT2D eigenvalue weighted by atomic mass is 9.83. The van der Waals surface area contributed by atoms with Crippen LogP contribution in [0.1, 0.15) is 23.7 Å². The summed E-state index contributed by atoms with van der Waals surface area (Å²) >= 11 is 0. The van der Waals surface area contributed by atoms with Crippen molar-refractivity contribution in [2.75, 3.05) is 18.0 Å². The average Bonchev–Trinajstić information content (AvgIpc) is 3.24. The van der Waals surface area contributed by atoms with Gasteiger partial charge in [-0.1, -0.05) is 42.5 Å². The molecule has 2 atom stereocenters. The molecular formula is C25H20N4O2. The van der Waals surface area contributed by atoms with E-state index in [4.69, 9.17) is 4.42 Å². The van der Waals surface area contributed by atoms with Gasteiger partial charge >= 0.3 is 0 Å². The molecule has 4 heterocycles. The SMILES string of the molecule is N#Cc1nc(-c2cccc3ccccc23)oc1N1C[C@H]2C[C@@H](C1)c1cccc(=O)n1C2. The Kier molecular flexibility index (Phi) is 3.97. The van der Waals surface area contributed by atoms with E-state index in [2.05, 4.69) is 28.1 Å². The van der Waals surface area contributed by atoms with E-state index < -0.39 is 0 Å². The second-order valence-corrected chi connectivity index (χ2v) is 8.41. The van der Waals surface area contributed by atoms with E-state index in [1.54, 1.807) is 6.07 Å². The molecule has 2 aliphatic rings. The van der Waals surface area contributed by atoms with Crippen molar-refractivity contribution in [3.05, 3.63) is 82.4 Å². The van der Waals surface area contributed by atoms with Gasteiger partial charge in [-0.2, -0.15) is 10.2 Å². The molecule has 2 aromatic heterocycles. The van der Waals surface area contributed by atoms with Gasteiger partial charge in [-0.15, -0.1) is 0 Å². The van der Waals surface area contributed by atoms with Crippen molar-refractivity contribution >= 4 is 16.7 Å². The highest BCUT2D eigenvalue weighted by molar-refractivity contribution is 5.94. The minimum Gasteiger partial charge on any atom is -0.419 e. The van der Waals surface area contributed by atoms with Crippen molar-refractivity contribution in [2.45, 2.75) is 18.9 Å². The summed E-state index contributed by atoms with van der Waals surface area (Å²) in [5, 5.41) is 11.9. The fourth-order valence-electron chi connectivity index (χ4n) is 5.19. The largest absolute Gasteiger partial charge is 0.419 e. The molecule has 1 fully saturated rings. The maximum atomic E-state index is 12.3. The molecule has 2 aromatic carbocycles. The van der Waals surface area contributed by atoms with Crippen LogP contribution in [0, 0.1) is 17.2 Å². The molecular weight excluding hydrogens is 388 g/mol. The monoisotopic (exact) mass is 408 g/mol. The number of hydrogen-bond donors (Lipinski definition) is 0. The van der Waals surface area contributed by atoms with E-state index in [1.165, 1.54) is 0 Å². The zero-order valence-corrected chi connectivity index (χ0v) is 16.9. The molecule has 2 aliphatic heterocycles. The molecule has 1 saturated heterocycles. The first-order valence-electron chi connectivity index (χ1n) is 10.5. The quantitative estimate of drug-likeness (QED) is 0.498. The summed E-state index contributed by atoms with van der Waals surface area (Å²) in [5.41, 5.74) is 2.33. The smallest absolute Gasteiger partial charge is 0.250 e. The number of aromatic nitrogens is 2. The van der Waals surface area contributed by atoms with Crippen LogP contribution in [0.25, 0.3) is 22.2 Å². The normalized spacial score (nSPS) is 19.8. The van der Waals surface area contributed by atoms with Gasteiger partial charge in [0.25, 0.3) is 5.56 Å². The Balaban J connectivity index is 1.41. The Morgan fingerprint density at radius 3 is 2.74 bits per heavy atom. The van der Waals surface area contributed by atoms with E-state index in [9.17, 15) is 10.1 Å². The zero-order valence-electron chi connectivity index (χ0n) is 16.9. The molecule has 0 N–H and O–H groups in total. The van der Waals surface area contributed by atoms with Crippen LogP contribution in [-0.4, -0.2) is 22.6 Å². The molecule has 0 saturated carbocycles. The standard InChI is InChI=1S/C25H20N4O2/c26-12-21-25(31-24(27-21)20-8-3-6-17-5-1-2-7-19(17)20)28-13-16-11-18(15-28)22-9-4-10-23(30)29(22)14-16/h1-10,16,18H,11,13-15H2/t16-,18+/m1/s1. The Labute approximate surface area is 179 Å². The number of anilines is 1. The minimum absolute atomic E-state index is 0.0660. The Hall–Kier alpha value is -3.85. The second kappa shape index (κ2) is 6.85.